The van der Waals surface area contributed by atoms with Gasteiger partial charge in [-0.1, -0.05) is 18.2 Å². The van der Waals surface area contributed by atoms with Crippen molar-refractivity contribution in [1.29, 1.82) is 0 Å². The molecule has 1 aliphatic rings. The maximum atomic E-state index is 12.9. The van der Waals surface area contributed by atoms with Crippen LogP contribution in [0.1, 0.15) is 25.3 Å². The highest BCUT2D eigenvalue weighted by molar-refractivity contribution is 5.83. The van der Waals surface area contributed by atoms with Gasteiger partial charge in [0.15, 0.2) is 17.3 Å². The fourth-order valence-electron chi connectivity index (χ4n) is 4.49. The minimum atomic E-state index is -0.0322. The summed E-state index contributed by atoms with van der Waals surface area (Å²) in [6.07, 6.45) is 3.24. The van der Waals surface area contributed by atoms with Crippen LogP contribution in [0.5, 0.6) is 11.5 Å². The fourth-order valence-corrected chi connectivity index (χ4v) is 4.49. The zero-order valence-electron chi connectivity index (χ0n) is 19.4. The minimum absolute atomic E-state index is 0.0322. The van der Waals surface area contributed by atoms with Crippen LogP contribution >= 0.6 is 0 Å². The number of nitrogens with zero attached hydrogens (tertiary/aromatic N) is 5. The van der Waals surface area contributed by atoms with E-state index in [1.165, 1.54) is 0 Å². The molecule has 1 aliphatic heterocycles. The number of fused-ring (bicyclic) bond motifs is 3. The Morgan fingerprint density at radius 1 is 1.15 bits per heavy atom. The average molecular weight is 461 g/mol. The monoisotopic (exact) mass is 460 g/mol. The summed E-state index contributed by atoms with van der Waals surface area (Å²) in [7, 11) is 1.62. The van der Waals surface area contributed by atoms with Gasteiger partial charge in [0.25, 0.3) is 0 Å². The first-order valence-corrected chi connectivity index (χ1v) is 11.6. The van der Waals surface area contributed by atoms with Gasteiger partial charge in [0.1, 0.15) is 6.33 Å². The number of benzene rings is 2. The minimum Gasteiger partial charge on any atom is -0.493 e. The van der Waals surface area contributed by atoms with E-state index in [2.05, 4.69) is 20.4 Å². The van der Waals surface area contributed by atoms with E-state index in [0.717, 1.165) is 54.0 Å². The van der Waals surface area contributed by atoms with Crippen LogP contribution in [0.4, 0.5) is 5.82 Å². The highest BCUT2D eigenvalue weighted by Gasteiger charge is 2.27. The van der Waals surface area contributed by atoms with Crippen molar-refractivity contribution in [2.75, 3.05) is 31.7 Å². The highest BCUT2D eigenvalue weighted by atomic mass is 16.5. The third kappa shape index (κ3) is 4.21. The Balaban J connectivity index is 1.22. The van der Waals surface area contributed by atoms with Crippen LogP contribution in [0, 0.1) is 5.92 Å². The largest absolute Gasteiger partial charge is 0.493 e. The molecule has 0 bridgehead atoms. The maximum absolute atomic E-state index is 12.9. The predicted molar refractivity (Wildman–Crippen MR) is 129 cm³/mol. The van der Waals surface area contributed by atoms with E-state index >= 15 is 0 Å². The Labute approximate surface area is 197 Å². The first-order chi connectivity index (χ1) is 16.7. The Morgan fingerprint density at radius 2 is 1.97 bits per heavy atom. The van der Waals surface area contributed by atoms with Gasteiger partial charge in [-0.15, -0.1) is 10.2 Å². The quantitative estimate of drug-likeness (QED) is 0.453. The molecule has 2 aromatic carbocycles. The summed E-state index contributed by atoms with van der Waals surface area (Å²) >= 11 is 0. The van der Waals surface area contributed by atoms with E-state index in [9.17, 15) is 4.79 Å². The topological polar surface area (TPSA) is 93.9 Å². The molecule has 0 radical (unpaired) electrons. The molecule has 0 saturated carbocycles. The third-order valence-corrected chi connectivity index (χ3v) is 6.28. The number of hydrogen-bond donors (Lipinski definition) is 1. The van der Waals surface area contributed by atoms with Crippen molar-refractivity contribution in [1.82, 2.24) is 24.9 Å². The molecule has 1 N–H and O–H groups in total. The van der Waals surface area contributed by atoms with E-state index in [1.807, 2.05) is 53.8 Å². The molecule has 2 aromatic heterocycles. The van der Waals surface area contributed by atoms with Crippen molar-refractivity contribution in [3.63, 3.8) is 0 Å². The molecule has 0 atom stereocenters. The molecular formula is C25H28N6O3. The molecular weight excluding hydrogens is 432 g/mol. The number of rotatable bonds is 7. The Hall–Kier alpha value is -3.88. The average Bonchev–Trinajstić information content (AvgIpc) is 3.38. The summed E-state index contributed by atoms with van der Waals surface area (Å²) in [6.45, 7) is 4.44. The number of aromatic nitrogens is 4. The van der Waals surface area contributed by atoms with Crippen LogP contribution in [0.15, 0.2) is 48.8 Å². The smallest absolute Gasteiger partial charge is 0.223 e. The lowest BCUT2D eigenvalue weighted by molar-refractivity contribution is -0.125. The molecule has 9 nitrogen and oxygen atoms in total. The Kier molecular flexibility index (Phi) is 6.16. The second kappa shape index (κ2) is 9.54. The number of para-hydroxylation sites is 2. The molecule has 0 spiro atoms. The summed E-state index contributed by atoms with van der Waals surface area (Å²) in [6, 6.07) is 13.7. The number of amides is 1. The van der Waals surface area contributed by atoms with Gasteiger partial charge in [0, 0.05) is 25.6 Å². The number of methoxy groups -OCH3 is 1. The Bertz CT molecular complexity index is 1310. The molecule has 176 valence electrons. The van der Waals surface area contributed by atoms with E-state index in [-0.39, 0.29) is 11.8 Å². The van der Waals surface area contributed by atoms with Crippen LogP contribution in [0.25, 0.3) is 16.7 Å². The van der Waals surface area contributed by atoms with Crippen LogP contribution in [0.2, 0.25) is 0 Å². The second-order valence-corrected chi connectivity index (χ2v) is 8.35. The zero-order valence-corrected chi connectivity index (χ0v) is 19.4. The molecule has 1 saturated heterocycles. The van der Waals surface area contributed by atoms with Gasteiger partial charge in [0.05, 0.1) is 24.8 Å². The third-order valence-electron chi connectivity index (χ3n) is 6.28. The number of piperidine rings is 1. The van der Waals surface area contributed by atoms with Gasteiger partial charge in [-0.25, -0.2) is 4.98 Å². The van der Waals surface area contributed by atoms with Crippen molar-refractivity contribution < 1.29 is 14.3 Å². The van der Waals surface area contributed by atoms with Gasteiger partial charge in [-0.3, -0.25) is 9.20 Å². The lowest BCUT2D eigenvalue weighted by atomic mass is 9.96. The fraction of sp³-hybridized carbons (Fsp3) is 0.360. The zero-order chi connectivity index (χ0) is 23.5. The molecule has 3 heterocycles. The van der Waals surface area contributed by atoms with Crippen LogP contribution in [-0.2, 0) is 11.3 Å². The number of carbonyl (C=O) groups excluding carboxylic acids is 1. The van der Waals surface area contributed by atoms with Crippen LogP contribution in [-0.4, -0.2) is 52.3 Å². The van der Waals surface area contributed by atoms with E-state index in [1.54, 1.807) is 13.4 Å². The van der Waals surface area contributed by atoms with Gasteiger partial charge in [0.2, 0.25) is 11.6 Å². The van der Waals surface area contributed by atoms with Crippen molar-refractivity contribution in [2.24, 2.45) is 5.92 Å². The number of hydrogen-bond acceptors (Lipinski definition) is 7. The molecule has 9 heteroatoms. The molecule has 4 aromatic rings. The van der Waals surface area contributed by atoms with E-state index in [0.29, 0.717) is 24.7 Å². The van der Waals surface area contributed by atoms with Crippen molar-refractivity contribution in [3.05, 3.63) is 54.4 Å². The number of carbonyl (C=O) groups is 1. The summed E-state index contributed by atoms with van der Waals surface area (Å²) in [5.41, 5.74) is 3.59. The lowest BCUT2D eigenvalue weighted by Gasteiger charge is -2.32. The lowest BCUT2D eigenvalue weighted by Crippen LogP contribution is -2.40. The SMILES string of the molecule is CCOc1ccc(CNC(=O)C2CCN(c3nc4ccccc4n4cnnc34)CC2)cc1OC. The first-order valence-electron chi connectivity index (χ1n) is 11.6. The van der Waals surface area contributed by atoms with E-state index < -0.39 is 0 Å². The normalized spacial score (nSPS) is 14.5. The summed E-state index contributed by atoms with van der Waals surface area (Å²) in [5, 5.41) is 11.5. The number of anilines is 1. The summed E-state index contributed by atoms with van der Waals surface area (Å²) < 4.78 is 12.9. The van der Waals surface area contributed by atoms with Crippen molar-refractivity contribution in [2.45, 2.75) is 26.3 Å². The molecule has 1 fully saturated rings. The molecule has 0 unspecified atom stereocenters. The maximum Gasteiger partial charge on any atom is 0.223 e. The summed E-state index contributed by atoms with van der Waals surface area (Å²) in [4.78, 5) is 19.9. The van der Waals surface area contributed by atoms with Crippen LogP contribution in [0.3, 0.4) is 0 Å². The molecule has 0 aliphatic carbocycles. The van der Waals surface area contributed by atoms with Crippen molar-refractivity contribution >= 4 is 28.4 Å². The molecule has 1 amide bonds. The highest BCUT2D eigenvalue weighted by Crippen LogP contribution is 2.29. The van der Waals surface area contributed by atoms with Gasteiger partial charge in [-0.05, 0) is 49.6 Å². The first kappa shape index (κ1) is 21.9. The molecule has 5 rings (SSSR count). The predicted octanol–water partition coefficient (Wildman–Crippen LogP) is 3.22. The Morgan fingerprint density at radius 3 is 2.76 bits per heavy atom. The number of nitrogens with one attached hydrogen (secondary N) is 1. The second-order valence-electron chi connectivity index (χ2n) is 8.35. The van der Waals surface area contributed by atoms with Crippen molar-refractivity contribution in [3.8, 4) is 11.5 Å². The summed E-state index contributed by atoms with van der Waals surface area (Å²) in [5.74, 6) is 2.24. The van der Waals surface area contributed by atoms with E-state index in [4.69, 9.17) is 14.5 Å². The van der Waals surface area contributed by atoms with Gasteiger partial charge in [-0.2, -0.15) is 0 Å². The van der Waals surface area contributed by atoms with Crippen LogP contribution < -0.4 is 19.7 Å². The molecule has 34 heavy (non-hydrogen) atoms. The van der Waals surface area contributed by atoms with Gasteiger partial charge < -0.3 is 19.7 Å². The standard InChI is InChI=1S/C25H28N6O3/c1-3-34-21-9-8-17(14-22(21)33-2)15-26-25(32)18-10-12-30(13-11-18)23-24-29-27-16-31(24)20-7-5-4-6-19(20)28-23/h4-9,14,16,18H,3,10-13,15H2,1-2H3,(H,26,32). The van der Waals surface area contributed by atoms with Gasteiger partial charge >= 0.3 is 0 Å². The number of ether oxygens (including phenoxy) is 2.